The number of rotatable bonds is 1. The normalized spacial score (nSPS) is 3.71. The average Bonchev–Trinajstić information content (AvgIpc) is 2.39. The fourth-order valence-electron chi connectivity index (χ4n) is 0. The van der Waals surface area contributed by atoms with Crippen LogP contribution < -0.4 is 40.6 Å². The quantitative estimate of drug-likeness (QED) is 0.349. The topological polar surface area (TPSA) is 78.9 Å². The Morgan fingerprint density at radius 2 is 1.24 bits per heavy atom. The number of carbonyl (C=O) groups is 1. The summed E-state index contributed by atoms with van der Waals surface area (Å²) in [7, 11) is 3.43. The van der Waals surface area contributed by atoms with Crippen LogP contribution >= 0.6 is 0 Å². The molecule has 0 aromatic rings. The summed E-state index contributed by atoms with van der Waals surface area (Å²) in [5, 5.41) is 9.18. The molecule has 0 heterocycles. The zero-order chi connectivity index (χ0) is 14.1. The second-order valence-corrected chi connectivity index (χ2v) is 0.943. The Balaban J connectivity index is -0.00000000960. The first-order valence-corrected chi connectivity index (χ1v) is 5.17. The van der Waals surface area contributed by atoms with E-state index in [1.807, 2.05) is 34.7 Å². The summed E-state index contributed by atoms with van der Waals surface area (Å²) in [6.07, 6.45) is 0.750. The average molecular weight is 254 g/mol. The van der Waals surface area contributed by atoms with Crippen LogP contribution in [0.5, 0.6) is 0 Å². The molecule has 0 unspecified atom stereocenters. The Kier molecular flexibility index (Phi) is 1180. The molecule has 0 aliphatic carbocycles. The van der Waals surface area contributed by atoms with Crippen LogP contribution in [0.15, 0.2) is 0 Å². The van der Waals surface area contributed by atoms with Crippen LogP contribution in [-0.4, -0.2) is 35.3 Å². The molecule has 0 aliphatic heterocycles. The molecular weight excluding hydrogens is 224 g/mol. The molecule has 0 aromatic carbocycles. The van der Waals surface area contributed by atoms with Crippen molar-refractivity contribution in [1.29, 1.82) is 5.26 Å². The van der Waals surface area contributed by atoms with Gasteiger partial charge in [0.1, 0.15) is 6.29 Å². The van der Waals surface area contributed by atoms with Gasteiger partial charge in [-0.25, -0.2) is 0 Å². The molecular formula is C11H30BN3NaO. The van der Waals surface area contributed by atoms with E-state index in [0.29, 0.717) is 0 Å². The number of hydrogen-bond donors (Lipinski definition) is 2. The summed E-state index contributed by atoms with van der Waals surface area (Å²) in [6.45, 7) is 17.3. The summed E-state index contributed by atoms with van der Waals surface area (Å²) in [5.41, 5.74) is 4.50. The van der Waals surface area contributed by atoms with E-state index in [1.165, 1.54) is 14.0 Å². The van der Waals surface area contributed by atoms with Gasteiger partial charge in [0.15, 0.2) is 0 Å². The van der Waals surface area contributed by atoms with Crippen molar-refractivity contribution < 1.29 is 34.4 Å². The summed E-state index contributed by atoms with van der Waals surface area (Å²) < 4.78 is 0. The second kappa shape index (κ2) is 374. The SMILES string of the molecule is CC.CC.CC=O.CCNC.CN.[B].[C-]#N.[Na+]. The maximum Gasteiger partial charge on any atom is 1.00 e. The smallest absolute Gasteiger partial charge is 0.512 e. The van der Waals surface area contributed by atoms with E-state index in [9.17, 15) is 0 Å². The van der Waals surface area contributed by atoms with Crippen LogP contribution in [0.25, 0.3) is 0 Å². The van der Waals surface area contributed by atoms with Gasteiger partial charge in [-0.15, -0.1) is 0 Å². The molecule has 0 rings (SSSR count). The molecule has 0 aromatic heterocycles. The molecule has 3 radical (unpaired) electrons. The molecule has 0 aliphatic rings. The Morgan fingerprint density at radius 1 is 1.18 bits per heavy atom. The first-order chi connectivity index (χ1) is 7.33. The molecule has 0 saturated carbocycles. The number of carbonyl (C=O) groups excluding carboxylic acids is 1. The summed E-state index contributed by atoms with van der Waals surface area (Å²) in [5.74, 6) is 0. The van der Waals surface area contributed by atoms with Gasteiger partial charge >= 0.3 is 29.6 Å². The Labute approximate surface area is 134 Å². The minimum absolute atomic E-state index is 0. The van der Waals surface area contributed by atoms with Gasteiger partial charge < -0.3 is 27.7 Å². The molecule has 0 spiro atoms. The number of nitrogens with two attached hydrogens (primary N) is 1. The van der Waals surface area contributed by atoms with Crippen molar-refractivity contribution in [2.75, 3.05) is 20.6 Å². The molecule has 6 heteroatoms. The van der Waals surface area contributed by atoms with E-state index in [2.05, 4.69) is 18.0 Å². The fraction of sp³-hybridized carbons (Fsp3) is 0.818. The molecule has 0 bridgehead atoms. The number of hydrogen-bond acceptors (Lipinski definition) is 4. The van der Waals surface area contributed by atoms with Gasteiger partial charge in [0.25, 0.3) is 0 Å². The third kappa shape index (κ3) is 2460. The molecule has 99 valence electrons. The Morgan fingerprint density at radius 3 is 1.24 bits per heavy atom. The minimum atomic E-state index is 0. The minimum Gasteiger partial charge on any atom is -0.512 e. The van der Waals surface area contributed by atoms with Crippen molar-refractivity contribution in [3.63, 3.8) is 0 Å². The van der Waals surface area contributed by atoms with Crippen LogP contribution in [0.2, 0.25) is 0 Å². The van der Waals surface area contributed by atoms with Crippen molar-refractivity contribution in [2.24, 2.45) is 5.73 Å². The van der Waals surface area contributed by atoms with Crippen LogP contribution in [0, 0.1) is 11.8 Å². The van der Waals surface area contributed by atoms with Crippen molar-refractivity contribution in [1.82, 2.24) is 5.32 Å². The van der Waals surface area contributed by atoms with Gasteiger partial charge in [-0.2, -0.15) is 0 Å². The van der Waals surface area contributed by atoms with E-state index in [4.69, 9.17) is 16.6 Å². The molecule has 3 N–H and O–H groups in total. The van der Waals surface area contributed by atoms with Gasteiger partial charge in [0.05, 0.1) is 0 Å². The van der Waals surface area contributed by atoms with Crippen molar-refractivity contribution in [3.8, 4) is 0 Å². The van der Waals surface area contributed by atoms with Crippen LogP contribution in [0.1, 0.15) is 41.5 Å². The summed E-state index contributed by atoms with van der Waals surface area (Å²) in [6, 6.07) is 0. The second-order valence-electron chi connectivity index (χ2n) is 0.943. The van der Waals surface area contributed by atoms with Gasteiger partial charge in [-0.3, -0.25) is 0 Å². The number of nitrogens with one attached hydrogen (secondary N) is 1. The fourth-order valence-corrected chi connectivity index (χ4v) is 0. The predicted molar refractivity (Wildman–Crippen MR) is 74.9 cm³/mol. The van der Waals surface area contributed by atoms with Crippen LogP contribution in [0.3, 0.4) is 0 Å². The van der Waals surface area contributed by atoms with Gasteiger partial charge in [0, 0.05) is 8.41 Å². The molecule has 0 saturated heterocycles. The van der Waals surface area contributed by atoms with E-state index >= 15 is 0 Å². The van der Waals surface area contributed by atoms with E-state index in [0.717, 1.165) is 12.8 Å². The zero-order valence-electron chi connectivity index (χ0n) is 13.3. The van der Waals surface area contributed by atoms with Crippen LogP contribution in [0.4, 0.5) is 0 Å². The van der Waals surface area contributed by atoms with E-state index in [-0.39, 0.29) is 38.0 Å². The number of nitrogens with zero attached hydrogens (tertiary/aromatic N) is 1. The Bertz CT molecular complexity index is 65.9. The van der Waals surface area contributed by atoms with E-state index in [1.54, 1.807) is 0 Å². The van der Waals surface area contributed by atoms with Gasteiger partial charge in [-0.05, 0) is 27.6 Å². The number of aldehydes is 1. The third-order valence-electron chi connectivity index (χ3n) is 0.354. The monoisotopic (exact) mass is 254 g/mol. The zero-order valence-corrected chi connectivity index (χ0v) is 15.3. The molecule has 4 nitrogen and oxygen atoms in total. The predicted octanol–water partition coefficient (Wildman–Crippen LogP) is -1.22. The maximum atomic E-state index is 8.81. The van der Waals surface area contributed by atoms with Crippen molar-refractivity contribution >= 4 is 14.7 Å². The first-order valence-electron chi connectivity index (χ1n) is 5.17. The standard InChI is InChI=1S/C3H9N.C2H4O.2C2H6.CH5N.CN.B.Na/c1-3-4-2;1-2-3;4*1-2;;/h4H,3H2,1-2H3;2H,1H3;2*1-2H3;2H2,1H3;;;/q;;;;;-1;;+1. The largest absolute Gasteiger partial charge is 1.00 e. The first kappa shape index (κ1) is 53.4. The molecule has 17 heavy (non-hydrogen) atoms. The molecule has 0 amide bonds. The van der Waals surface area contributed by atoms with Crippen molar-refractivity contribution in [3.05, 3.63) is 6.57 Å². The van der Waals surface area contributed by atoms with E-state index < -0.39 is 0 Å². The van der Waals surface area contributed by atoms with Crippen molar-refractivity contribution in [2.45, 2.75) is 41.5 Å². The summed E-state index contributed by atoms with van der Waals surface area (Å²) >= 11 is 0. The Hall–Kier alpha value is 0.145. The van der Waals surface area contributed by atoms with Crippen LogP contribution in [-0.2, 0) is 4.79 Å². The molecule has 0 atom stereocenters. The third-order valence-corrected chi connectivity index (χ3v) is 0.354. The summed E-state index contributed by atoms with van der Waals surface area (Å²) in [4.78, 5) is 8.81. The maximum absolute atomic E-state index is 8.81. The molecule has 0 fully saturated rings. The van der Waals surface area contributed by atoms with Gasteiger partial charge in [-0.1, -0.05) is 34.6 Å². The van der Waals surface area contributed by atoms with Gasteiger partial charge in [0.2, 0.25) is 0 Å².